The first-order chi connectivity index (χ1) is 12.5. The van der Waals surface area contributed by atoms with E-state index >= 15 is 0 Å². The van der Waals surface area contributed by atoms with Gasteiger partial charge in [0, 0.05) is 6.07 Å². The van der Waals surface area contributed by atoms with Crippen molar-refractivity contribution in [1.82, 2.24) is 0 Å². The van der Waals surface area contributed by atoms with Gasteiger partial charge in [0.1, 0.15) is 17.2 Å². The van der Waals surface area contributed by atoms with E-state index in [1.807, 2.05) is 18.2 Å². The minimum Gasteiger partial charge on any atom is -0.497 e. The first-order valence-electron chi connectivity index (χ1n) is 8.67. The SMILES string of the molecule is CCCCc1cc(OC)cc(Cc2cc(OC)cc(OC)c2)c1C(=O)O. The summed E-state index contributed by atoms with van der Waals surface area (Å²) in [5, 5.41) is 9.80. The number of hydrogen-bond acceptors (Lipinski definition) is 4. The van der Waals surface area contributed by atoms with Crippen molar-refractivity contribution in [2.75, 3.05) is 21.3 Å². The third-order valence-electron chi connectivity index (χ3n) is 4.33. The molecule has 2 aromatic carbocycles. The Kier molecular flexibility index (Phi) is 6.89. The summed E-state index contributed by atoms with van der Waals surface area (Å²) in [6, 6.07) is 9.19. The maximum atomic E-state index is 12.0. The Hall–Kier alpha value is -2.69. The van der Waals surface area contributed by atoms with Crippen molar-refractivity contribution in [3.8, 4) is 17.2 Å². The molecule has 0 unspecified atom stereocenters. The summed E-state index contributed by atoms with van der Waals surface area (Å²) in [6.07, 6.45) is 3.09. The molecule has 0 aliphatic carbocycles. The highest BCUT2D eigenvalue weighted by molar-refractivity contribution is 5.91. The number of aryl methyl sites for hydroxylation is 1. The fourth-order valence-corrected chi connectivity index (χ4v) is 3.02. The Morgan fingerprint density at radius 1 is 0.885 bits per heavy atom. The molecular formula is C21H26O5. The molecule has 0 atom stereocenters. The van der Waals surface area contributed by atoms with Crippen LogP contribution < -0.4 is 14.2 Å². The number of carboxylic acids is 1. The largest absolute Gasteiger partial charge is 0.497 e. The number of rotatable bonds is 9. The maximum absolute atomic E-state index is 12.0. The number of aromatic carboxylic acids is 1. The van der Waals surface area contributed by atoms with E-state index in [4.69, 9.17) is 14.2 Å². The van der Waals surface area contributed by atoms with Gasteiger partial charge in [-0.25, -0.2) is 4.79 Å². The highest BCUT2D eigenvalue weighted by Gasteiger charge is 2.18. The summed E-state index contributed by atoms with van der Waals surface area (Å²) >= 11 is 0. The van der Waals surface area contributed by atoms with Crippen molar-refractivity contribution in [1.29, 1.82) is 0 Å². The Bertz CT molecular complexity index is 745. The first kappa shape index (κ1) is 19.6. The Labute approximate surface area is 154 Å². The van der Waals surface area contributed by atoms with Crippen LogP contribution in [0.5, 0.6) is 17.2 Å². The molecular weight excluding hydrogens is 332 g/mol. The van der Waals surface area contributed by atoms with Crippen LogP contribution in [0.15, 0.2) is 30.3 Å². The molecule has 0 spiro atoms. The molecule has 0 saturated carbocycles. The predicted molar refractivity (Wildman–Crippen MR) is 101 cm³/mol. The molecule has 0 heterocycles. The molecule has 0 fully saturated rings. The highest BCUT2D eigenvalue weighted by atomic mass is 16.5. The van der Waals surface area contributed by atoms with Crippen LogP contribution in [0, 0.1) is 0 Å². The van der Waals surface area contributed by atoms with Crippen molar-refractivity contribution >= 4 is 5.97 Å². The van der Waals surface area contributed by atoms with Crippen LogP contribution in [0.1, 0.15) is 46.8 Å². The smallest absolute Gasteiger partial charge is 0.336 e. The lowest BCUT2D eigenvalue weighted by molar-refractivity contribution is 0.0694. The highest BCUT2D eigenvalue weighted by Crippen LogP contribution is 2.29. The zero-order valence-corrected chi connectivity index (χ0v) is 15.8. The van der Waals surface area contributed by atoms with Gasteiger partial charge in [-0.3, -0.25) is 0 Å². The van der Waals surface area contributed by atoms with Crippen molar-refractivity contribution in [2.24, 2.45) is 0 Å². The van der Waals surface area contributed by atoms with Crippen LogP contribution in [-0.4, -0.2) is 32.4 Å². The summed E-state index contributed by atoms with van der Waals surface area (Å²) < 4.78 is 16.0. The third-order valence-corrected chi connectivity index (χ3v) is 4.33. The van der Waals surface area contributed by atoms with Gasteiger partial charge in [-0.1, -0.05) is 13.3 Å². The van der Waals surface area contributed by atoms with Gasteiger partial charge in [0.05, 0.1) is 26.9 Å². The summed E-state index contributed by atoms with van der Waals surface area (Å²) in [7, 11) is 4.78. The van der Waals surface area contributed by atoms with Crippen LogP contribution in [0.25, 0.3) is 0 Å². The van der Waals surface area contributed by atoms with E-state index in [2.05, 4.69) is 6.92 Å². The average molecular weight is 358 g/mol. The summed E-state index contributed by atoms with van der Waals surface area (Å²) in [5.41, 5.74) is 2.81. The predicted octanol–water partition coefficient (Wildman–Crippen LogP) is 4.34. The zero-order valence-electron chi connectivity index (χ0n) is 15.8. The van der Waals surface area contributed by atoms with E-state index in [1.54, 1.807) is 33.5 Å². The fraction of sp³-hybridized carbons (Fsp3) is 0.381. The van der Waals surface area contributed by atoms with Gasteiger partial charge in [-0.2, -0.15) is 0 Å². The van der Waals surface area contributed by atoms with Crippen LogP contribution in [0.4, 0.5) is 0 Å². The lowest BCUT2D eigenvalue weighted by Crippen LogP contribution is -2.09. The van der Waals surface area contributed by atoms with Crippen LogP contribution >= 0.6 is 0 Å². The Morgan fingerprint density at radius 2 is 1.42 bits per heavy atom. The average Bonchev–Trinajstić information content (AvgIpc) is 2.65. The number of hydrogen-bond donors (Lipinski definition) is 1. The lowest BCUT2D eigenvalue weighted by Gasteiger charge is -2.15. The molecule has 140 valence electrons. The van der Waals surface area contributed by atoms with Gasteiger partial charge in [0.15, 0.2) is 0 Å². The minimum absolute atomic E-state index is 0.362. The van der Waals surface area contributed by atoms with Crippen molar-refractivity contribution < 1.29 is 24.1 Å². The number of carbonyl (C=O) groups is 1. The molecule has 0 aliphatic heterocycles. The second kappa shape index (κ2) is 9.13. The number of methoxy groups -OCH3 is 3. The molecule has 0 aliphatic rings. The third kappa shape index (κ3) is 4.69. The van der Waals surface area contributed by atoms with E-state index in [0.717, 1.165) is 29.5 Å². The van der Waals surface area contributed by atoms with Crippen molar-refractivity contribution in [3.05, 3.63) is 52.6 Å². The summed E-state index contributed by atoms with van der Waals surface area (Å²) in [4.78, 5) is 12.0. The molecule has 26 heavy (non-hydrogen) atoms. The summed E-state index contributed by atoms with van der Waals surface area (Å²) in [6.45, 7) is 2.09. The maximum Gasteiger partial charge on any atom is 0.336 e. The summed E-state index contributed by atoms with van der Waals surface area (Å²) in [5.74, 6) is 1.10. The molecule has 0 amide bonds. The second-order valence-electron chi connectivity index (χ2n) is 6.13. The van der Waals surface area contributed by atoms with Gasteiger partial charge in [-0.05, 0) is 60.2 Å². The standard InChI is InChI=1S/C21H26O5/c1-5-6-7-15-11-19(26-4)12-16(20(15)21(22)23)8-14-9-17(24-2)13-18(10-14)25-3/h9-13H,5-8H2,1-4H3,(H,22,23). The van der Waals surface area contributed by atoms with E-state index < -0.39 is 5.97 Å². The molecule has 5 heteroatoms. The van der Waals surface area contributed by atoms with Crippen LogP contribution in [0.2, 0.25) is 0 Å². The van der Waals surface area contributed by atoms with E-state index in [9.17, 15) is 9.90 Å². The zero-order chi connectivity index (χ0) is 19.1. The van der Waals surface area contributed by atoms with Gasteiger partial charge in [-0.15, -0.1) is 0 Å². The lowest BCUT2D eigenvalue weighted by atomic mass is 9.92. The first-order valence-corrected chi connectivity index (χ1v) is 8.67. The molecule has 1 N–H and O–H groups in total. The van der Waals surface area contributed by atoms with Gasteiger partial charge < -0.3 is 19.3 Å². The molecule has 0 aromatic heterocycles. The molecule has 2 rings (SSSR count). The Morgan fingerprint density at radius 3 is 1.92 bits per heavy atom. The monoisotopic (exact) mass is 358 g/mol. The Balaban J connectivity index is 2.52. The number of carboxylic acid groups (broad SMARTS) is 1. The molecule has 2 aromatic rings. The number of ether oxygens (including phenoxy) is 3. The fourth-order valence-electron chi connectivity index (χ4n) is 3.02. The molecule has 5 nitrogen and oxygen atoms in total. The molecule has 0 saturated heterocycles. The minimum atomic E-state index is -0.913. The topological polar surface area (TPSA) is 65.0 Å². The van der Waals surface area contributed by atoms with Gasteiger partial charge >= 0.3 is 5.97 Å². The normalized spacial score (nSPS) is 10.5. The van der Waals surface area contributed by atoms with E-state index in [0.29, 0.717) is 35.7 Å². The van der Waals surface area contributed by atoms with Gasteiger partial charge in [0.25, 0.3) is 0 Å². The molecule has 0 bridgehead atoms. The van der Waals surface area contributed by atoms with Gasteiger partial charge in [0.2, 0.25) is 0 Å². The van der Waals surface area contributed by atoms with Crippen molar-refractivity contribution in [3.63, 3.8) is 0 Å². The van der Waals surface area contributed by atoms with Crippen LogP contribution in [0.3, 0.4) is 0 Å². The second-order valence-corrected chi connectivity index (χ2v) is 6.13. The van der Waals surface area contributed by atoms with Crippen LogP contribution in [-0.2, 0) is 12.8 Å². The quantitative estimate of drug-likeness (QED) is 0.722. The van der Waals surface area contributed by atoms with E-state index in [1.165, 1.54) is 0 Å². The number of benzene rings is 2. The van der Waals surface area contributed by atoms with E-state index in [-0.39, 0.29) is 0 Å². The molecule has 0 radical (unpaired) electrons. The van der Waals surface area contributed by atoms with Crippen molar-refractivity contribution in [2.45, 2.75) is 32.6 Å². The number of unbranched alkanes of at least 4 members (excludes halogenated alkanes) is 1.